The molecule has 1 aliphatic heterocycles. The van der Waals surface area contributed by atoms with Crippen LogP contribution in [0.5, 0.6) is 5.88 Å². The molecule has 6 aromatic rings. The average Bonchev–Trinajstić information content (AvgIpc) is 3.74. The van der Waals surface area contributed by atoms with Crippen molar-refractivity contribution in [2.75, 3.05) is 20.3 Å². The predicted molar refractivity (Wildman–Crippen MR) is 187 cm³/mol. The summed E-state index contributed by atoms with van der Waals surface area (Å²) in [5, 5.41) is 0. The molecule has 7 rings (SSSR count). The van der Waals surface area contributed by atoms with Gasteiger partial charge in [0.05, 0.1) is 53.1 Å². The quantitative estimate of drug-likeness (QED) is 0.114. The molecular formula is C40H40N4O6. The Morgan fingerprint density at radius 3 is 1.76 bits per heavy atom. The van der Waals surface area contributed by atoms with E-state index in [9.17, 15) is 0 Å². The lowest BCUT2D eigenvalue weighted by Crippen LogP contribution is -2.51. The normalized spacial score (nSPS) is 20.3. The zero-order chi connectivity index (χ0) is 34.0. The zero-order valence-electron chi connectivity index (χ0n) is 27.9. The van der Waals surface area contributed by atoms with Crippen molar-refractivity contribution in [1.29, 1.82) is 0 Å². The van der Waals surface area contributed by atoms with Crippen LogP contribution in [-0.4, -0.2) is 58.2 Å². The van der Waals surface area contributed by atoms with Crippen molar-refractivity contribution in [3.05, 3.63) is 156 Å². The Bertz CT molecular complexity index is 1910. The Balaban J connectivity index is 1.29. The maximum absolute atomic E-state index is 7.17. The Labute approximate surface area is 291 Å². The van der Waals surface area contributed by atoms with Crippen molar-refractivity contribution in [3.63, 3.8) is 0 Å². The smallest absolute Gasteiger partial charge is 0.245 e. The summed E-state index contributed by atoms with van der Waals surface area (Å²) < 4.78 is 41.2. The molecule has 10 nitrogen and oxygen atoms in total. The summed E-state index contributed by atoms with van der Waals surface area (Å²) >= 11 is 0. The monoisotopic (exact) mass is 672 g/mol. The van der Waals surface area contributed by atoms with E-state index in [0.717, 1.165) is 22.3 Å². The van der Waals surface area contributed by atoms with Gasteiger partial charge >= 0.3 is 0 Å². The standard InChI is InChI=1S/C40H40N4O6/c1-45-39-35-38(41-28-42-39)44(29-43-35)40(27-47-23-31-16-8-3-9-17-31)37(49-25-33-20-12-5-13-21-33)36(48-24-32-18-10-4-11-19-32)34(50-40)26-46-22-30-14-6-2-7-15-30/h2-21,28-29,34,36-37H,22-27H2,1H3/t34-,36-,37+,40+/m1/s1. The van der Waals surface area contributed by atoms with E-state index >= 15 is 0 Å². The van der Waals surface area contributed by atoms with E-state index in [1.807, 2.05) is 126 Å². The summed E-state index contributed by atoms with van der Waals surface area (Å²) in [6.45, 7) is 1.76. The van der Waals surface area contributed by atoms with Gasteiger partial charge in [0, 0.05) is 0 Å². The van der Waals surface area contributed by atoms with Crippen molar-refractivity contribution < 1.29 is 28.4 Å². The van der Waals surface area contributed by atoms with Gasteiger partial charge < -0.3 is 28.4 Å². The minimum atomic E-state index is -1.28. The highest BCUT2D eigenvalue weighted by molar-refractivity contribution is 5.76. The second-order valence-electron chi connectivity index (χ2n) is 12.1. The Hall–Kier alpha value is -4.97. The maximum atomic E-state index is 7.17. The van der Waals surface area contributed by atoms with Crippen LogP contribution in [-0.2, 0) is 55.8 Å². The summed E-state index contributed by atoms with van der Waals surface area (Å²) in [4.78, 5) is 13.6. The van der Waals surface area contributed by atoms with Gasteiger partial charge in [0.2, 0.25) is 5.88 Å². The third kappa shape index (κ3) is 7.60. The fourth-order valence-electron chi connectivity index (χ4n) is 6.30. The molecule has 0 aliphatic carbocycles. The van der Waals surface area contributed by atoms with E-state index < -0.39 is 24.0 Å². The highest BCUT2D eigenvalue weighted by Crippen LogP contribution is 2.43. The largest absolute Gasteiger partial charge is 0.479 e. The molecule has 0 saturated carbocycles. The first-order valence-electron chi connectivity index (χ1n) is 16.7. The second kappa shape index (κ2) is 16.2. The van der Waals surface area contributed by atoms with Crippen LogP contribution in [0.15, 0.2) is 134 Å². The molecule has 50 heavy (non-hydrogen) atoms. The molecule has 0 radical (unpaired) electrons. The van der Waals surface area contributed by atoms with Crippen molar-refractivity contribution in [1.82, 2.24) is 19.5 Å². The number of ether oxygens (including phenoxy) is 6. The fraction of sp³-hybridized carbons (Fsp3) is 0.275. The van der Waals surface area contributed by atoms with Crippen LogP contribution < -0.4 is 4.74 Å². The first-order chi connectivity index (χ1) is 24.7. The Morgan fingerprint density at radius 2 is 1.18 bits per heavy atom. The Morgan fingerprint density at radius 1 is 0.640 bits per heavy atom. The summed E-state index contributed by atoms with van der Waals surface area (Å²) in [6, 6.07) is 40.2. The molecule has 256 valence electrons. The molecule has 1 saturated heterocycles. The highest BCUT2D eigenvalue weighted by atomic mass is 16.6. The van der Waals surface area contributed by atoms with E-state index in [1.165, 1.54) is 6.33 Å². The number of hydrogen-bond donors (Lipinski definition) is 0. The van der Waals surface area contributed by atoms with Crippen molar-refractivity contribution in [2.45, 2.75) is 50.5 Å². The van der Waals surface area contributed by atoms with Crippen LogP contribution in [0.1, 0.15) is 22.3 Å². The van der Waals surface area contributed by atoms with Crippen molar-refractivity contribution in [3.8, 4) is 5.88 Å². The SMILES string of the molecule is COc1ncnc2c1ncn2[C@@]1(COCc2ccccc2)O[C@H](COCc2ccccc2)[C@@H](OCc2ccccc2)[C@@H]1OCc1ccccc1. The topological polar surface area (TPSA) is 99.0 Å². The van der Waals surface area contributed by atoms with Gasteiger partial charge in [0.25, 0.3) is 0 Å². The molecule has 3 heterocycles. The zero-order valence-corrected chi connectivity index (χ0v) is 27.9. The molecule has 1 aliphatic rings. The van der Waals surface area contributed by atoms with Gasteiger partial charge in [-0.15, -0.1) is 0 Å². The number of hydrogen-bond acceptors (Lipinski definition) is 9. The van der Waals surface area contributed by atoms with Gasteiger partial charge in [-0.05, 0) is 22.3 Å². The second-order valence-corrected chi connectivity index (χ2v) is 12.1. The van der Waals surface area contributed by atoms with Crippen LogP contribution in [0.25, 0.3) is 11.2 Å². The summed E-state index contributed by atoms with van der Waals surface area (Å²) in [5.41, 5.74) is 3.86. The van der Waals surface area contributed by atoms with Crippen LogP contribution in [0, 0.1) is 0 Å². The Kier molecular flexibility index (Phi) is 10.8. The molecule has 0 unspecified atom stereocenters. The number of rotatable bonds is 16. The minimum absolute atomic E-state index is 0.0967. The molecule has 2 aromatic heterocycles. The van der Waals surface area contributed by atoms with Crippen LogP contribution in [0.4, 0.5) is 0 Å². The van der Waals surface area contributed by atoms with Crippen molar-refractivity contribution in [2.24, 2.45) is 0 Å². The van der Waals surface area contributed by atoms with Crippen LogP contribution in [0.3, 0.4) is 0 Å². The van der Waals surface area contributed by atoms with E-state index in [0.29, 0.717) is 43.5 Å². The molecular weight excluding hydrogens is 632 g/mol. The van der Waals surface area contributed by atoms with Crippen molar-refractivity contribution >= 4 is 11.2 Å². The van der Waals surface area contributed by atoms with E-state index in [1.54, 1.807) is 13.4 Å². The molecule has 0 N–H and O–H groups in total. The lowest BCUT2D eigenvalue weighted by Gasteiger charge is -2.36. The number of aromatic nitrogens is 4. The first kappa shape index (κ1) is 33.5. The summed E-state index contributed by atoms with van der Waals surface area (Å²) in [6.07, 6.45) is 1.33. The van der Waals surface area contributed by atoms with Crippen LogP contribution in [0.2, 0.25) is 0 Å². The lowest BCUT2D eigenvalue weighted by molar-refractivity contribution is -0.199. The fourth-order valence-corrected chi connectivity index (χ4v) is 6.30. The van der Waals surface area contributed by atoms with E-state index in [-0.39, 0.29) is 13.2 Å². The molecule has 4 atom stereocenters. The number of fused-ring (bicyclic) bond motifs is 1. The minimum Gasteiger partial charge on any atom is -0.479 e. The van der Waals surface area contributed by atoms with Gasteiger partial charge in [-0.3, -0.25) is 4.57 Å². The highest BCUT2D eigenvalue weighted by Gasteiger charge is 2.59. The van der Waals surface area contributed by atoms with E-state index in [2.05, 4.69) is 9.97 Å². The van der Waals surface area contributed by atoms with Gasteiger partial charge in [-0.25, -0.2) is 9.97 Å². The number of nitrogens with zero attached hydrogens (tertiary/aromatic N) is 4. The van der Waals surface area contributed by atoms with Gasteiger partial charge in [0.15, 0.2) is 16.9 Å². The number of benzene rings is 4. The maximum Gasteiger partial charge on any atom is 0.245 e. The molecule has 10 heteroatoms. The predicted octanol–water partition coefficient (Wildman–Crippen LogP) is 6.49. The number of methoxy groups -OCH3 is 1. The molecule has 0 spiro atoms. The third-order valence-corrected chi connectivity index (χ3v) is 8.74. The third-order valence-electron chi connectivity index (χ3n) is 8.74. The van der Waals surface area contributed by atoms with Gasteiger partial charge in [-0.2, -0.15) is 4.98 Å². The number of imidazole rings is 1. The molecule has 0 bridgehead atoms. The van der Waals surface area contributed by atoms with Gasteiger partial charge in [-0.1, -0.05) is 121 Å². The molecule has 4 aromatic carbocycles. The average molecular weight is 673 g/mol. The molecule has 1 fully saturated rings. The molecule has 0 amide bonds. The summed E-state index contributed by atoms with van der Waals surface area (Å²) in [5.74, 6) is 0.355. The summed E-state index contributed by atoms with van der Waals surface area (Å²) in [7, 11) is 1.56. The lowest BCUT2D eigenvalue weighted by atomic mass is 10.0. The van der Waals surface area contributed by atoms with Crippen LogP contribution >= 0.6 is 0 Å². The van der Waals surface area contributed by atoms with Gasteiger partial charge in [0.1, 0.15) is 24.6 Å². The first-order valence-corrected chi connectivity index (χ1v) is 16.7. The van der Waals surface area contributed by atoms with E-state index in [4.69, 9.17) is 33.4 Å².